The van der Waals surface area contributed by atoms with Gasteiger partial charge in [0.1, 0.15) is 11.6 Å². The smallest absolute Gasteiger partial charge is 0.170 e. The van der Waals surface area contributed by atoms with Crippen LogP contribution in [0, 0.1) is 18.6 Å². The number of anilines is 1. The van der Waals surface area contributed by atoms with E-state index in [9.17, 15) is 8.78 Å². The van der Waals surface area contributed by atoms with Crippen LogP contribution >= 0.6 is 12.2 Å². The standard InChI is InChI=1S/C14H16F2N4S/c1-10-5-8-20(19-10)7-2-6-17-14(21)18-13-4-3-11(15)9-12(13)16/h3-5,8-9H,2,6-7H2,1H3,(H2,17,18,21). The van der Waals surface area contributed by atoms with Gasteiger partial charge in [0.2, 0.25) is 0 Å². The SMILES string of the molecule is Cc1ccn(CCCNC(=S)Nc2ccc(F)cc2F)n1. The van der Waals surface area contributed by atoms with Crippen molar-refractivity contribution < 1.29 is 8.78 Å². The topological polar surface area (TPSA) is 41.9 Å². The fourth-order valence-electron chi connectivity index (χ4n) is 1.79. The number of aryl methyl sites for hydroxylation is 2. The number of benzene rings is 1. The number of halogens is 2. The summed E-state index contributed by atoms with van der Waals surface area (Å²) in [6, 6.07) is 5.24. The van der Waals surface area contributed by atoms with E-state index < -0.39 is 11.6 Å². The Balaban J connectivity index is 1.72. The third kappa shape index (κ3) is 4.78. The van der Waals surface area contributed by atoms with Crippen LogP contribution in [0.5, 0.6) is 0 Å². The van der Waals surface area contributed by atoms with Crippen LogP contribution < -0.4 is 10.6 Å². The molecule has 0 saturated carbocycles. The third-order valence-corrected chi connectivity index (χ3v) is 3.05. The highest BCUT2D eigenvalue weighted by atomic mass is 32.1. The molecule has 0 amide bonds. The highest BCUT2D eigenvalue weighted by Crippen LogP contribution is 2.14. The Kier molecular flexibility index (Phi) is 5.21. The molecule has 2 N–H and O–H groups in total. The number of nitrogens with one attached hydrogen (secondary N) is 2. The van der Waals surface area contributed by atoms with Crippen LogP contribution in [0.4, 0.5) is 14.5 Å². The minimum atomic E-state index is -0.675. The molecular formula is C14H16F2N4S. The van der Waals surface area contributed by atoms with Gasteiger partial charge < -0.3 is 10.6 Å². The summed E-state index contributed by atoms with van der Waals surface area (Å²) in [7, 11) is 0. The fraction of sp³-hybridized carbons (Fsp3) is 0.286. The first-order valence-corrected chi connectivity index (χ1v) is 6.95. The van der Waals surface area contributed by atoms with Crippen molar-refractivity contribution in [1.29, 1.82) is 0 Å². The van der Waals surface area contributed by atoms with Gasteiger partial charge in [-0.1, -0.05) is 0 Å². The summed E-state index contributed by atoms with van der Waals surface area (Å²) in [5.74, 6) is -1.29. The summed E-state index contributed by atoms with van der Waals surface area (Å²) in [5, 5.41) is 10.2. The van der Waals surface area contributed by atoms with Gasteiger partial charge in [-0.3, -0.25) is 4.68 Å². The molecule has 1 aromatic heterocycles. The normalized spacial score (nSPS) is 10.4. The molecule has 0 spiro atoms. The molecule has 112 valence electrons. The fourth-order valence-corrected chi connectivity index (χ4v) is 2.00. The van der Waals surface area contributed by atoms with Gasteiger partial charge in [-0.2, -0.15) is 5.10 Å². The molecule has 0 aliphatic heterocycles. The summed E-state index contributed by atoms with van der Waals surface area (Å²) in [6.07, 6.45) is 2.74. The molecule has 0 fully saturated rings. The van der Waals surface area contributed by atoms with Crippen LogP contribution in [-0.2, 0) is 6.54 Å². The van der Waals surface area contributed by atoms with Gasteiger partial charge >= 0.3 is 0 Å². The van der Waals surface area contributed by atoms with Crippen LogP contribution in [0.25, 0.3) is 0 Å². The second-order valence-corrected chi connectivity index (χ2v) is 4.99. The van der Waals surface area contributed by atoms with Gasteiger partial charge in [0.25, 0.3) is 0 Å². The molecule has 0 unspecified atom stereocenters. The average molecular weight is 310 g/mol. The van der Waals surface area contributed by atoms with Crippen molar-refractivity contribution in [2.24, 2.45) is 0 Å². The van der Waals surface area contributed by atoms with Crippen molar-refractivity contribution in [3.05, 3.63) is 47.8 Å². The van der Waals surface area contributed by atoms with Gasteiger partial charge in [-0.15, -0.1) is 0 Å². The van der Waals surface area contributed by atoms with Gasteiger partial charge in [-0.25, -0.2) is 8.78 Å². The molecule has 1 heterocycles. The van der Waals surface area contributed by atoms with Gasteiger partial charge in [0, 0.05) is 25.4 Å². The molecule has 1 aromatic carbocycles. The molecule has 7 heteroatoms. The van der Waals surface area contributed by atoms with Crippen LogP contribution in [0.15, 0.2) is 30.5 Å². The molecule has 21 heavy (non-hydrogen) atoms. The Labute approximate surface area is 127 Å². The lowest BCUT2D eigenvalue weighted by molar-refractivity contribution is 0.570. The Hall–Kier alpha value is -2.02. The van der Waals surface area contributed by atoms with E-state index >= 15 is 0 Å². The highest BCUT2D eigenvalue weighted by molar-refractivity contribution is 7.80. The number of nitrogens with zero attached hydrogens (tertiary/aromatic N) is 2. The second kappa shape index (κ2) is 7.12. The van der Waals surface area contributed by atoms with Crippen molar-refractivity contribution in [3.8, 4) is 0 Å². The largest absolute Gasteiger partial charge is 0.362 e. The molecule has 0 aliphatic rings. The highest BCUT2D eigenvalue weighted by Gasteiger charge is 2.05. The first-order chi connectivity index (χ1) is 10.0. The Morgan fingerprint density at radius 2 is 2.14 bits per heavy atom. The van der Waals surface area contributed by atoms with Crippen LogP contribution in [0.1, 0.15) is 12.1 Å². The predicted octanol–water partition coefficient (Wildman–Crippen LogP) is 2.85. The number of thiocarbonyl (C=S) groups is 1. The molecule has 2 rings (SSSR count). The minimum Gasteiger partial charge on any atom is -0.362 e. The van der Waals surface area contributed by atoms with E-state index in [4.69, 9.17) is 12.2 Å². The summed E-state index contributed by atoms with van der Waals surface area (Å²) in [5.41, 5.74) is 1.13. The summed E-state index contributed by atoms with van der Waals surface area (Å²) >= 11 is 5.06. The Bertz CT molecular complexity index is 627. The molecule has 0 saturated heterocycles. The molecule has 0 aliphatic carbocycles. The molecular weight excluding hydrogens is 294 g/mol. The zero-order chi connectivity index (χ0) is 15.2. The molecule has 0 bridgehead atoms. The quantitative estimate of drug-likeness (QED) is 0.658. The first kappa shape index (κ1) is 15.4. The number of aromatic nitrogens is 2. The number of hydrogen-bond acceptors (Lipinski definition) is 2. The van der Waals surface area contributed by atoms with E-state index in [2.05, 4.69) is 15.7 Å². The van der Waals surface area contributed by atoms with Crippen molar-refractivity contribution in [3.63, 3.8) is 0 Å². The molecule has 4 nitrogen and oxygen atoms in total. The number of hydrogen-bond donors (Lipinski definition) is 2. The Morgan fingerprint density at radius 3 is 2.81 bits per heavy atom. The van der Waals surface area contributed by atoms with Gasteiger partial charge in [-0.05, 0) is 43.8 Å². The van der Waals surface area contributed by atoms with E-state index in [-0.39, 0.29) is 5.69 Å². The van der Waals surface area contributed by atoms with Crippen LogP contribution in [0.2, 0.25) is 0 Å². The van der Waals surface area contributed by atoms with E-state index in [1.165, 1.54) is 12.1 Å². The van der Waals surface area contributed by atoms with Crippen molar-refractivity contribution in [2.45, 2.75) is 19.9 Å². The molecule has 2 aromatic rings. The summed E-state index contributed by atoms with van der Waals surface area (Å²) in [6.45, 7) is 3.34. The van der Waals surface area contributed by atoms with E-state index in [0.29, 0.717) is 11.7 Å². The van der Waals surface area contributed by atoms with Crippen molar-refractivity contribution >= 4 is 23.0 Å². The van der Waals surface area contributed by atoms with E-state index in [1.807, 2.05) is 23.9 Å². The third-order valence-electron chi connectivity index (χ3n) is 2.80. The average Bonchev–Trinajstić information content (AvgIpc) is 2.84. The lowest BCUT2D eigenvalue weighted by Gasteiger charge is -2.11. The van der Waals surface area contributed by atoms with Crippen molar-refractivity contribution in [1.82, 2.24) is 15.1 Å². The monoisotopic (exact) mass is 310 g/mol. The van der Waals surface area contributed by atoms with Gasteiger partial charge in [0.05, 0.1) is 11.4 Å². The minimum absolute atomic E-state index is 0.150. The predicted molar refractivity (Wildman–Crippen MR) is 82.2 cm³/mol. The maximum atomic E-state index is 13.4. The first-order valence-electron chi connectivity index (χ1n) is 6.54. The van der Waals surface area contributed by atoms with Crippen molar-refractivity contribution in [2.75, 3.05) is 11.9 Å². The maximum absolute atomic E-state index is 13.4. The van der Waals surface area contributed by atoms with Crippen LogP contribution in [0.3, 0.4) is 0 Å². The summed E-state index contributed by atoms with van der Waals surface area (Å²) in [4.78, 5) is 0. The lowest BCUT2D eigenvalue weighted by atomic mass is 10.3. The zero-order valence-electron chi connectivity index (χ0n) is 11.6. The number of rotatable bonds is 5. The maximum Gasteiger partial charge on any atom is 0.170 e. The van der Waals surface area contributed by atoms with E-state index in [1.54, 1.807) is 0 Å². The van der Waals surface area contributed by atoms with E-state index in [0.717, 1.165) is 24.7 Å². The zero-order valence-corrected chi connectivity index (χ0v) is 12.4. The van der Waals surface area contributed by atoms with Gasteiger partial charge in [0.15, 0.2) is 5.11 Å². The van der Waals surface area contributed by atoms with Crippen LogP contribution in [-0.4, -0.2) is 21.4 Å². The lowest BCUT2D eigenvalue weighted by Crippen LogP contribution is -2.30. The Morgan fingerprint density at radius 1 is 1.33 bits per heavy atom. The summed E-state index contributed by atoms with van der Waals surface area (Å²) < 4.78 is 28.0. The second-order valence-electron chi connectivity index (χ2n) is 4.58. The molecule has 0 radical (unpaired) electrons. The molecule has 0 atom stereocenters.